The number of carbonyl (C=O) groups excluding carboxylic acids is 1. The standard InChI is InChI=1S/C20H23N5O3S/c1-4-11-25-19(14-7-9-21-10-8-14)23-24-20(25)29-13-18(26)22-16-12-15(27-2)5-6-17(16)28-3/h5-10,12H,4,11,13H2,1-3H3,(H,22,26). The zero-order valence-corrected chi connectivity index (χ0v) is 17.4. The summed E-state index contributed by atoms with van der Waals surface area (Å²) in [6.07, 6.45) is 4.38. The van der Waals surface area contributed by atoms with E-state index in [1.165, 1.54) is 11.8 Å². The predicted octanol–water partition coefficient (Wildman–Crippen LogP) is 3.50. The van der Waals surface area contributed by atoms with E-state index in [-0.39, 0.29) is 11.7 Å². The molecule has 8 nitrogen and oxygen atoms in total. The summed E-state index contributed by atoms with van der Waals surface area (Å²) >= 11 is 1.34. The monoisotopic (exact) mass is 413 g/mol. The van der Waals surface area contributed by atoms with Gasteiger partial charge in [-0.3, -0.25) is 9.78 Å². The van der Waals surface area contributed by atoms with E-state index in [2.05, 4.69) is 27.4 Å². The van der Waals surface area contributed by atoms with Gasteiger partial charge in [0.15, 0.2) is 11.0 Å². The van der Waals surface area contributed by atoms with Crippen LogP contribution in [0.1, 0.15) is 13.3 Å². The number of anilines is 1. The molecule has 0 atom stereocenters. The smallest absolute Gasteiger partial charge is 0.234 e. The Bertz CT molecular complexity index is 962. The third kappa shape index (κ3) is 5.05. The number of methoxy groups -OCH3 is 2. The van der Waals surface area contributed by atoms with Crippen molar-refractivity contribution in [2.75, 3.05) is 25.3 Å². The van der Waals surface area contributed by atoms with Gasteiger partial charge >= 0.3 is 0 Å². The molecule has 0 aliphatic rings. The molecule has 0 saturated carbocycles. The molecule has 0 spiro atoms. The third-order valence-electron chi connectivity index (χ3n) is 4.12. The fraction of sp³-hybridized carbons (Fsp3) is 0.300. The Morgan fingerprint density at radius 3 is 2.62 bits per heavy atom. The summed E-state index contributed by atoms with van der Waals surface area (Å²) in [5.41, 5.74) is 1.50. The molecule has 1 amide bonds. The molecule has 2 aromatic heterocycles. The highest BCUT2D eigenvalue weighted by molar-refractivity contribution is 7.99. The van der Waals surface area contributed by atoms with Crippen molar-refractivity contribution in [3.63, 3.8) is 0 Å². The second kappa shape index (κ2) is 9.92. The lowest BCUT2D eigenvalue weighted by atomic mass is 10.2. The highest BCUT2D eigenvalue weighted by Crippen LogP contribution is 2.29. The van der Waals surface area contributed by atoms with Gasteiger partial charge < -0.3 is 19.4 Å². The summed E-state index contributed by atoms with van der Waals surface area (Å²) in [6.45, 7) is 2.85. The van der Waals surface area contributed by atoms with E-state index in [4.69, 9.17) is 9.47 Å². The average Bonchev–Trinajstić information content (AvgIpc) is 3.15. The summed E-state index contributed by atoms with van der Waals surface area (Å²) in [5.74, 6) is 2.00. The van der Waals surface area contributed by atoms with Crippen LogP contribution in [0.25, 0.3) is 11.4 Å². The largest absolute Gasteiger partial charge is 0.497 e. The van der Waals surface area contributed by atoms with Crippen molar-refractivity contribution >= 4 is 23.4 Å². The quantitative estimate of drug-likeness (QED) is 0.537. The van der Waals surface area contributed by atoms with E-state index >= 15 is 0 Å². The molecule has 2 heterocycles. The van der Waals surface area contributed by atoms with Gasteiger partial charge in [-0.25, -0.2) is 0 Å². The normalized spacial score (nSPS) is 10.6. The molecule has 0 bridgehead atoms. The summed E-state index contributed by atoms with van der Waals surface area (Å²) in [7, 11) is 3.13. The van der Waals surface area contributed by atoms with Gasteiger partial charge in [0, 0.05) is 30.6 Å². The molecule has 0 fully saturated rings. The first-order valence-corrected chi connectivity index (χ1v) is 10.1. The minimum absolute atomic E-state index is 0.168. The molecule has 9 heteroatoms. The Hall–Kier alpha value is -3.07. The Labute approximate surface area is 173 Å². The van der Waals surface area contributed by atoms with Crippen molar-refractivity contribution < 1.29 is 14.3 Å². The third-order valence-corrected chi connectivity index (χ3v) is 5.08. The maximum atomic E-state index is 12.5. The number of thioether (sulfide) groups is 1. The zero-order chi connectivity index (χ0) is 20.6. The van der Waals surface area contributed by atoms with Gasteiger partial charge in [0.2, 0.25) is 5.91 Å². The summed E-state index contributed by atoms with van der Waals surface area (Å²) in [5, 5.41) is 12.2. The first-order chi connectivity index (χ1) is 14.2. The molecule has 1 aromatic carbocycles. The van der Waals surface area contributed by atoms with Crippen molar-refractivity contribution in [3.05, 3.63) is 42.7 Å². The zero-order valence-electron chi connectivity index (χ0n) is 16.6. The van der Waals surface area contributed by atoms with Crippen LogP contribution in [0.3, 0.4) is 0 Å². The Morgan fingerprint density at radius 2 is 1.93 bits per heavy atom. The molecule has 29 heavy (non-hydrogen) atoms. The Kier molecular flexibility index (Phi) is 7.07. The van der Waals surface area contributed by atoms with Crippen LogP contribution in [0, 0.1) is 0 Å². The van der Waals surface area contributed by atoms with Crippen LogP contribution in [0.2, 0.25) is 0 Å². The summed E-state index contributed by atoms with van der Waals surface area (Å²) in [4.78, 5) is 16.5. The molecular weight excluding hydrogens is 390 g/mol. The highest BCUT2D eigenvalue weighted by Gasteiger charge is 2.16. The molecule has 3 rings (SSSR count). The minimum atomic E-state index is -0.168. The lowest BCUT2D eigenvalue weighted by molar-refractivity contribution is -0.113. The van der Waals surface area contributed by atoms with Gasteiger partial charge in [-0.1, -0.05) is 18.7 Å². The van der Waals surface area contributed by atoms with Crippen molar-refractivity contribution in [2.45, 2.75) is 25.0 Å². The van der Waals surface area contributed by atoms with E-state index in [9.17, 15) is 4.79 Å². The fourth-order valence-electron chi connectivity index (χ4n) is 2.76. The maximum Gasteiger partial charge on any atom is 0.234 e. The van der Waals surface area contributed by atoms with E-state index in [0.717, 1.165) is 24.4 Å². The van der Waals surface area contributed by atoms with Gasteiger partial charge in [-0.2, -0.15) is 0 Å². The first kappa shape index (κ1) is 20.7. The summed E-state index contributed by atoms with van der Waals surface area (Å²) in [6, 6.07) is 9.04. The van der Waals surface area contributed by atoms with E-state index in [1.807, 2.05) is 16.7 Å². The van der Waals surface area contributed by atoms with Crippen LogP contribution in [0.4, 0.5) is 5.69 Å². The second-order valence-corrected chi connectivity index (χ2v) is 7.04. The number of carbonyl (C=O) groups is 1. The average molecular weight is 414 g/mol. The number of hydrogen-bond donors (Lipinski definition) is 1. The first-order valence-electron chi connectivity index (χ1n) is 9.14. The van der Waals surface area contributed by atoms with Gasteiger partial charge in [-0.15, -0.1) is 10.2 Å². The van der Waals surface area contributed by atoms with Crippen molar-refractivity contribution in [2.24, 2.45) is 0 Å². The Morgan fingerprint density at radius 1 is 1.14 bits per heavy atom. The number of pyridine rings is 1. The number of hydrogen-bond acceptors (Lipinski definition) is 7. The lowest BCUT2D eigenvalue weighted by Gasteiger charge is -2.12. The Balaban J connectivity index is 1.71. The SMILES string of the molecule is CCCn1c(SCC(=O)Nc2cc(OC)ccc2OC)nnc1-c1ccncc1. The number of benzene rings is 1. The topological polar surface area (TPSA) is 91.2 Å². The minimum Gasteiger partial charge on any atom is -0.497 e. The van der Waals surface area contributed by atoms with Crippen LogP contribution in [0.5, 0.6) is 11.5 Å². The van der Waals surface area contributed by atoms with Crippen LogP contribution in [-0.2, 0) is 11.3 Å². The summed E-state index contributed by atoms with van der Waals surface area (Å²) < 4.78 is 12.5. The number of amides is 1. The van der Waals surface area contributed by atoms with Gasteiger partial charge in [0.05, 0.1) is 25.7 Å². The van der Waals surface area contributed by atoms with E-state index in [0.29, 0.717) is 22.3 Å². The molecule has 1 N–H and O–H groups in total. The van der Waals surface area contributed by atoms with Gasteiger partial charge in [0.25, 0.3) is 0 Å². The molecule has 0 aliphatic heterocycles. The molecule has 3 aromatic rings. The fourth-order valence-corrected chi connectivity index (χ4v) is 3.53. The van der Waals surface area contributed by atoms with Gasteiger partial charge in [-0.05, 0) is 30.7 Å². The number of nitrogens with one attached hydrogen (secondary N) is 1. The predicted molar refractivity (Wildman–Crippen MR) is 112 cm³/mol. The number of rotatable bonds is 9. The highest BCUT2D eigenvalue weighted by atomic mass is 32.2. The van der Waals surface area contributed by atoms with E-state index < -0.39 is 0 Å². The molecule has 152 valence electrons. The van der Waals surface area contributed by atoms with Crippen LogP contribution in [-0.4, -0.2) is 45.6 Å². The van der Waals surface area contributed by atoms with Crippen molar-refractivity contribution in [3.8, 4) is 22.9 Å². The molecular formula is C20H23N5O3S. The second-order valence-electron chi connectivity index (χ2n) is 6.10. The van der Waals surface area contributed by atoms with Crippen molar-refractivity contribution in [1.82, 2.24) is 19.7 Å². The van der Waals surface area contributed by atoms with Crippen LogP contribution in [0.15, 0.2) is 47.9 Å². The molecule has 0 aliphatic carbocycles. The molecule has 0 saturated heterocycles. The number of ether oxygens (including phenoxy) is 2. The lowest BCUT2D eigenvalue weighted by Crippen LogP contribution is -2.15. The van der Waals surface area contributed by atoms with Crippen LogP contribution >= 0.6 is 11.8 Å². The maximum absolute atomic E-state index is 12.5. The number of nitrogens with zero attached hydrogens (tertiary/aromatic N) is 4. The van der Waals surface area contributed by atoms with Crippen molar-refractivity contribution in [1.29, 1.82) is 0 Å². The molecule has 0 unspecified atom stereocenters. The van der Waals surface area contributed by atoms with Crippen LogP contribution < -0.4 is 14.8 Å². The molecule has 0 radical (unpaired) electrons. The van der Waals surface area contributed by atoms with E-state index in [1.54, 1.807) is 44.8 Å². The number of aromatic nitrogens is 4. The van der Waals surface area contributed by atoms with Gasteiger partial charge in [0.1, 0.15) is 11.5 Å².